The van der Waals surface area contributed by atoms with Gasteiger partial charge in [0.1, 0.15) is 4.21 Å². The predicted octanol–water partition coefficient (Wildman–Crippen LogP) is 3.52. The molecule has 1 aliphatic rings. The van der Waals surface area contributed by atoms with E-state index in [0.29, 0.717) is 18.8 Å². The molecule has 196 valence electrons. The lowest BCUT2D eigenvalue weighted by atomic mass is 10.2. The molecule has 2 N–H and O–H groups in total. The maximum Gasteiger partial charge on any atom is 0.338 e. The smallest absolute Gasteiger partial charge is 0.338 e. The molecular weight excluding hydrogens is 538 g/mol. The summed E-state index contributed by atoms with van der Waals surface area (Å²) in [5.74, 6) is -1.36. The van der Waals surface area contributed by atoms with Gasteiger partial charge >= 0.3 is 5.97 Å². The van der Waals surface area contributed by atoms with Crippen LogP contribution >= 0.6 is 11.3 Å². The fraction of sp³-hybridized carbons (Fsp3) is 0.250. The fourth-order valence-electron chi connectivity index (χ4n) is 3.61. The molecular formula is C24H25N3O7S3. The topological polar surface area (TPSA) is 139 Å². The van der Waals surface area contributed by atoms with Gasteiger partial charge in [0.2, 0.25) is 10.0 Å². The molecule has 0 unspecified atom stereocenters. The fourth-order valence-corrected chi connectivity index (χ4v) is 7.18. The van der Waals surface area contributed by atoms with Crippen molar-refractivity contribution < 1.29 is 31.2 Å². The van der Waals surface area contributed by atoms with Gasteiger partial charge in [0.05, 0.1) is 10.5 Å². The van der Waals surface area contributed by atoms with E-state index in [4.69, 9.17) is 4.74 Å². The molecule has 0 bridgehead atoms. The molecule has 0 saturated carbocycles. The lowest BCUT2D eigenvalue weighted by Crippen LogP contribution is -2.30. The number of amides is 1. The molecule has 2 aromatic carbocycles. The van der Waals surface area contributed by atoms with Crippen LogP contribution in [0.2, 0.25) is 0 Å². The van der Waals surface area contributed by atoms with Crippen LogP contribution in [0.5, 0.6) is 0 Å². The minimum absolute atomic E-state index is 0.134. The van der Waals surface area contributed by atoms with Crippen LogP contribution in [0.1, 0.15) is 30.1 Å². The first-order valence-corrected chi connectivity index (χ1v) is 15.1. The number of sulfonamides is 2. The summed E-state index contributed by atoms with van der Waals surface area (Å²) in [6.45, 7) is 2.40. The molecule has 4 rings (SSSR count). The van der Waals surface area contributed by atoms with Crippen molar-refractivity contribution in [2.24, 2.45) is 0 Å². The second-order valence-corrected chi connectivity index (χ2v) is 13.1. The van der Waals surface area contributed by atoms with Crippen molar-refractivity contribution in [1.82, 2.24) is 4.31 Å². The number of thiophene rings is 1. The van der Waals surface area contributed by atoms with Crippen LogP contribution < -0.4 is 10.0 Å². The number of hydrogen-bond donors (Lipinski definition) is 2. The summed E-state index contributed by atoms with van der Waals surface area (Å²) in [4.78, 5) is 25.1. The zero-order valence-electron chi connectivity index (χ0n) is 19.8. The monoisotopic (exact) mass is 563 g/mol. The zero-order chi connectivity index (χ0) is 26.6. The number of benzene rings is 2. The lowest BCUT2D eigenvalue weighted by Gasteiger charge is -2.16. The normalized spacial score (nSPS) is 15.2. The van der Waals surface area contributed by atoms with Crippen molar-refractivity contribution in [3.05, 3.63) is 71.6 Å². The second-order valence-electron chi connectivity index (χ2n) is 8.29. The van der Waals surface area contributed by atoms with Crippen molar-refractivity contribution >= 4 is 54.6 Å². The van der Waals surface area contributed by atoms with Gasteiger partial charge in [-0.2, -0.15) is 4.31 Å². The maximum atomic E-state index is 12.6. The van der Waals surface area contributed by atoms with Crippen LogP contribution in [0, 0.1) is 0 Å². The standard InChI is InChI=1S/C24H25N3O7S3/c1-17(23(28)25-19-10-12-21(13-11-19)37(32,33)27-14-2-3-15-27)34-24(29)18-6-8-20(9-7-18)26-36(30,31)22-5-4-16-35-22/h4-13,16-17,26H,2-3,14-15H2,1H3,(H,25,28)/t17-/m1/s1. The van der Waals surface area contributed by atoms with E-state index < -0.39 is 38.0 Å². The van der Waals surface area contributed by atoms with Crippen LogP contribution in [-0.4, -0.2) is 52.2 Å². The Morgan fingerprint density at radius 2 is 1.54 bits per heavy atom. The number of carbonyl (C=O) groups is 2. The number of esters is 1. The number of anilines is 2. The average Bonchev–Trinajstić information content (AvgIpc) is 3.60. The first-order valence-electron chi connectivity index (χ1n) is 11.3. The number of nitrogens with zero attached hydrogens (tertiary/aromatic N) is 1. The van der Waals surface area contributed by atoms with E-state index in [-0.39, 0.29) is 20.4 Å². The summed E-state index contributed by atoms with van der Waals surface area (Å²) in [6.07, 6.45) is 0.530. The molecule has 13 heteroatoms. The summed E-state index contributed by atoms with van der Waals surface area (Å²) in [7, 11) is -7.27. The highest BCUT2D eigenvalue weighted by molar-refractivity contribution is 7.94. The number of hydrogen-bond acceptors (Lipinski definition) is 8. The minimum atomic E-state index is -3.71. The summed E-state index contributed by atoms with van der Waals surface area (Å²) in [5.41, 5.74) is 0.761. The Hall–Kier alpha value is -3.26. The SMILES string of the molecule is C[C@@H](OC(=O)c1ccc(NS(=O)(=O)c2cccs2)cc1)C(=O)Nc1ccc(S(=O)(=O)N2CCCC2)cc1. The summed E-state index contributed by atoms with van der Waals surface area (Å²) in [5, 5.41) is 4.25. The van der Waals surface area contributed by atoms with Crippen LogP contribution in [-0.2, 0) is 29.6 Å². The summed E-state index contributed by atoms with van der Waals surface area (Å²) >= 11 is 1.08. The Kier molecular flexibility index (Phi) is 7.97. The van der Waals surface area contributed by atoms with Crippen LogP contribution in [0.15, 0.2) is 75.1 Å². The van der Waals surface area contributed by atoms with Gasteiger partial charge in [0.25, 0.3) is 15.9 Å². The van der Waals surface area contributed by atoms with Crippen molar-refractivity contribution in [1.29, 1.82) is 0 Å². The highest BCUT2D eigenvalue weighted by Gasteiger charge is 2.27. The van der Waals surface area contributed by atoms with E-state index in [0.717, 1.165) is 24.2 Å². The van der Waals surface area contributed by atoms with E-state index in [1.807, 2.05) is 0 Å². The Labute approximate surface area is 219 Å². The largest absolute Gasteiger partial charge is 0.449 e. The van der Waals surface area contributed by atoms with Gasteiger partial charge in [-0.3, -0.25) is 9.52 Å². The first-order chi connectivity index (χ1) is 17.6. The molecule has 1 fully saturated rings. The Morgan fingerprint density at radius 1 is 0.919 bits per heavy atom. The third kappa shape index (κ3) is 6.36. The Bertz CT molecular complexity index is 1460. The third-order valence-electron chi connectivity index (χ3n) is 5.61. The molecule has 0 spiro atoms. The zero-order valence-corrected chi connectivity index (χ0v) is 22.2. The van der Waals surface area contributed by atoms with Crippen LogP contribution in [0.4, 0.5) is 11.4 Å². The van der Waals surface area contributed by atoms with Crippen LogP contribution in [0.3, 0.4) is 0 Å². The molecule has 2 heterocycles. The van der Waals surface area contributed by atoms with E-state index >= 15 is 0 Å². The van der Waals surface area contributed by atoms with Crippen molar-refractivity contribution in [2.45, 2.75) is 35.0 Å². The van der Waals surface area contributed by atoms with Gasteiger partial charge in [-0.25, -0.2) is 21.6 Å². The number of nitrogens with one attached hydrogen (secondary N) is 2. The molecule has 1 amide bonds. The van der Waals surface area contributed by atoms with E-state index in [1.165, 1.54) is 65.8 Å². The minimum Gasteiger partial charge on any atom is -0.449 e. The Morgan fingerprint density at radius 3 is 2.14 bits per heavy atom. The molecule has 37 heavy (non-hydrogen) atoms. The molecule has 1 atom stereocenters. The van der Waals surface area contributed by atoms with Gasteiger partial charge in [-0.05, 0) is 79.7 Å². The van der Waals surface area contributed by atoms with Gasteiger partial charge in [-0.1, -0.05) is 6.07 Å². The number of carbonyl (C=O) groups excluding carboxylic acids is 2. The highest BCUT2D eigenvalue weighted by atomic mass is 32.2. The number of ether oxygens (including phenoxy) is 1. The maximum absolute atomic E-state index is 12.6. The van der Waals surface area contributed by atoms with E-state index in [2.05, 4.69) is 10.0 Å². The van der Waals surface area contributed by atoms with E-state index in [1.54, 1.807) is 11.4 Å². The first kappa shape index (κ1) is 26.8. The molecule has 1 aromatic heterocycles. The molecule has 3 aromatic rings. The van der Waals surface area contributed by atoms with Crippen molar-refractivity contribution in [3.8, 4) is 0 Å². The lowest BCUT2D eigenvalue weighted by molar-refractivity contribution is -0.123. The second kappa shape index (κ2) is 11.0. The Balaban J connectivity index is 1.32. The molecule has 0 aliphatic carbocycles. The predicted molar refractivity (Wildman–Crippen MR) is 140 cm³/mol. The average molecular weight is 564 g/mol. The number of rotatable bonds is 9. The molecule has 0 radical (unpaired) electrons. The van der Waals surface area contributed by atoms with E-state index in [9.17, 15) is 26.4 Å². The van der Waals surface area contributed by atoms with Gasteiger partial charge in [-0.15, -0.1) is 11.3 Å². The molecule has 10 nitrogen and oxygen atoms in total. The molecule has 1 saturated heterocycles. The highest BCUT2D eigenvalue weighted by Crippen LogP contribution is 2.23. The van der Waals surface area contributed by atoms with Crippen LogP contribution in [0.25, 0.3) is 0 Å². The van der Waals surface area contributed by atoms with Gasteiger partial charge in [0, 0.05) is 24.5 Å². The quantitative estimate of drug-likeness (QED) is 0.380. The van der Waals surface area contributed by atoms with Crippen molar-refractivity contribution in [3.63, 3.8) is 0 Å². The van der Waals surface area contributed by atoms with Gasteiger partial charge < -0.3 is 10.1 Å². The van der Waals surface area contributed by atoms with Gasteiger partial charge in [0.15, 0.2) is 6.10 Å². The summed E-state index contributed by atoms with van der Waals surface area (Å²) in [6, 6.07) is 14.5. The third-order valence-corrected chi connectivity index (χ3v) is 10.3. The van der Waals surface area contributed by atoms with Crippen molar-refractivity contribution in [2.75, 3.05) is 23.1 Å². The summed E-state index contributed by atoms with van der Waals surface area (Å²) < 4.78 is 59.1. The molecule has 1 aliphatic heterocycles.